The zero-order valence-electron chi connectivity index (χ0n) is 28.0. The number of ketones is 1. The van der Waals surface area contributed by atoms with Crippen molar-refractivity contribution >= 4 is 23.7 Å². The van der Waals surface area contributed by atoms with E-state index >= 15 is 0 Å². The summed E-state index contributed by atoms with van der Waals surface area (Å²) in [5.74, 6) is -5.23. The van der Waals surface area contributed by atoms with Crippen LogP contribution in [0.1, 0.15) is 81.1 Å². The van der Waals surface area contributed by atoms with Crippen molar-refractivity contribution < 1.29 is 53.1 Å². The lowest BCUT2D eigenvalue weighted by molar-refractivity contribution is -0.230. The minimum Gasteiger partial charge on any atom is -0.462 e. The van der Waals surface area contributed by atoms with Crippen LogP contribution in [-0.2, 0) is 42.9 Å². The number of carbonyl (C=O) groups is 4. The molecule has 1 spiro atoms. The summed E-state index contributed by atoms with van der Waals surface area (Å²) in [5.41, 5.74) is -4.53. The van der Waals surface area contributed by atoms with Crippen LogP contribution in [0.3, 0.4) is 0 Å². The van der Waals surface area contributed by atoms with E-state index in [2.05, 4.69) is 13.8 Å². The molecule has 0 aromatic carbocycles. The fourth-order valence-electron chi connectivity index (χ4n) is 12.8. The minimum absolute atomic E-state index is 0.0919. The van der Waals surface area contributed by atoms with E-state index in [1.165, 1.54) is 13.8 Å². The first-order valence-corrected chi connectivity index (χ1v) is 17.2. The summed E-state index contributed by atoms with van der Waals surface area (Å²) in [4.78, 5) is 53.5. The molecule has 254 valence electrons. The van der Waals surface area contributed by atoms with Crippen molar-refractivity contribution in [1.82, 2.24) is 0 Å². The molecule has 11 nitrogen and oxygen atoms in total. The number of hydrogen-bond donors (Lipinski definition) is 2. The van der Waals surface area contributed by atoms with Gasteiger partial charge in [0.2, 0.25) is 5.79 Å². The standard InChI is InChI=1S/C35H48O11/c1-13(2)9-22(37)44-29-27-20(43-27)11-19-25(38)26(39)23-16-10-18-24(32(16,6)21(42-15(4)36)12-17(23)31(19,29)5)14(3)28-35(45-28)33(18,7)34(8,41)30(40)46-35/h13-14,16-21,23-24,26-29,39,41H,9-12H2,1-8H3/t14?,16-,17-,18+,19+,20-,21?,23-,24-,26+,27-,28?,29?,31+,32+,33-,34+,35?/m0/s1. The first-order chi connectivity index (χ1) is 21.4. The highest BCUT2D eigenvalue weighted by Crippen LogP contribution is 2.80. The number of aliphatic hydroxyl groups is 2. The molecule has 5 unspecified atom stereocenters. The molecule has 3 heterocycles. The average Bonchev–Trinajstić information content (AvgIpc) is 3.85. The van der Waals surface area contributed by atoms with Crippen LogP contribution in [0.15, 0.2) is 0 Å². The maximum absolute atomic E-state index is 14.3. The normalized spacial score (nSPS) is 58.7. The van der Waals surface area contributed by atoms with Gasteiger partial charge in [-0.25, -0.2) is 4.79 Å². The molecule has 18 atom stereocenters. The fourth-order valence-corrected chi connectivity index (χ4v) is 12.8. The fraction of sp³-hybridized carbons (Fsp3) is 0.886. The van der Waals surface area contributed by atoms with E-state index in [-0.39, 0.29) is 65.9 Å². The Morgan fingerprint density at radius 2 is 1.67 bits per heavy atom. The second-order valence-corrected chi connectivity index (χ2v) is 17.2. The van der Waals surface area contributed by atoms with Gasteiger partial charge in [-0.15, -0.1) is 0 Å². The first kappa shape index (κ1) is 31.2. The second kappa shape index (κ2) is 9.12. The molecule has 46 heavy (non-hydrogen) atoms. The molecule has 8 aliphatic rings. The third-order valence-electron chi connectivity index (χ3n) is 15.0. The van der Waals surface area contributed by atoms with Crippen LogP contribution in [-0.4, -0.2) is 81.9 Å². The first-order valence-electron chi connectivity index (χ1n) is 17.2. The SMILES string of the molecule is CC(=O)OC1C[C@H]2[C@@H]([C@@H](O)C(=O)[C@H]3C[C@@H]4O[C@@H]4C(OC(=O)CC(C)C)[C@@]32C)[C@@H]2C[C@@H]3[C@H](C(C)C4OC45OC(=O)[C@@](C)(O)[C@]35C)[C@@]12C. The molecule has 5 aliphatic carbocycles. The number of fused-ring (bicyclic) bond motifs is 9. The summed E-state index contributed by atoms with van der Waals surface area (Å²) < 4.78 is 30.6. The van der Waals surface area contributed by atoms with Crippen molar-refractivity contribution in [1.29, 1.82) is 0 Å². The van der Waals surface area contributed by atoms with Gasteiger partial charge in [0, 0.05) is 30.1 Å². The largest absolute Gasteiger partial charge is 0.462 e. The van der Waals surface area contributed by atoms with Crippen LogP contribution >= 0.6 is 0 Å². The maximum atomic E-state index is 14.3. The molecule has 0 amide bonds. The zero-order valence-corrected chi connectivity index (χ0v) is 28.0. The Labute approximate surface area is 269 Å². The molecule has 8 rings (SSSR count). The van der Waals surface area contributed by atoms with Gasteiger partial charge in [0.25, 0.3) is 0 Å². The monoisotopic (exact) mass is 644 g/mol. The van der Waals surface area contributed by atoms with Crippen LogP contribution < -0.4 is 0 Å². The zero-order chi connectivity index (χ0) is 33.3. The second-order valence-electron chi connectivity index (χ2n) is 17.2. The van der Waals surface area contributed by atoms with E-state index in [0.717, 1.165) is 0 Å². The van der Waals surface area contributed by atoms with Gasteiger partial charge in [0.05, 0.1) is 11.5 Å². The molecule has 2 N–H and O–H groups in total. The molecule has 11 heteroatoms. The Kier molecular flexibility index (Phi) is 6.19. The Balaban J connectivity index is 1.26. The van der Waals surface area contributed by atoms with Gasteiger partial charge in [-0.1, -0.05) is 34.6 Å². The number of ether oxygens (including phenoxy) is 5. The van der Waals surface area contributed by atoms with E-state index in [9.17, 15) is 29.4 Å². The van der Waals surface area contributed by atoms with Crippen LogP contribution in [0.4, 0.5) is 0 Å². The van der Waals surface area contributed by atoms with E-state index in [1.54, 1.807) is 0 Å². The molecule has 3 saturated heterocycles. The lowest BCUT2D eigenvalue weighted by Gasteiger charge is -2.63. The molecule has 3 aliphatic heterocycles. The topological polar surface area (TPSA) is 161 Å². The van der Waals surface area contributed by atoms with Crippen LogP contribution in [0, 0.1) is 63.6 Å². The average molecular weight is 645 g/mol. The lowest BCUT2D eigenvalue weighted by atomic mass is 9.42. The van der Waals surface area contributed by atoms with E-state index in [4.69, 9.17) is 23.7 Å². The number of hydrogen-bond acceptors (Lipinski definition) is 11. The number of epoxide rings is 2. The van der Waals surface area contributed by atoms with Crippen LogP contribution in [0.25, 0.3) is 0 Å². The summed E-state index contributed by atoms with van der Waals surface area (Å²) in [5, 5.41) is 23.8. The van der Waals surface area contributed by atoms with Gasteiger partial charge >= 0.3 is 17.9 Å². The van der Waals surface area contributed by atoms with Gasteiger partial charge in [-0.05, 0) is 74.5 Å². The van der Waals surface area contributed by atoms with Gasteiger partial charge in [0.15, 0.2) is 11.4 Å². The van der Waals surface area contributed by atoms with Crippen LogP contribution in [0.2, 0.25) is 0 Å². The molecule has 0 aromatic rings. The summed E-state index contributed by atoms with van der Waals surface area (Å²) in [6, 6.07) is 0. The van der Waals surface area contributed by atoms with Gasteiger partial charge in [-0.2, -0.15) is 0 Å². The van der Waals surface area contributed by atoms with Gasteiger partial charge < -0.3 is 33.9 Å². The quantitative estimate of drug-likeness (QED) is 0.263. The Morgan fingerprint density at radius 1 is 1.00 bits per heavy atom. The van der Waals surface area contributed by atoms with Crippen molar-refractivity contribution in [3.63, 3.8) is 0 Å². The Morgan fingerprint density at radius 3 is 2.33 bits per heavy atom. The molecule has 0 aromatic heterocycles. The van der Waals surface area contributed by atoms with E-state index in [0.29, 0.717) is 19.3 Å². The van der Waals surface area contributed by atoms with Crippen molar-refractivity contribution in [3.8, 4) is 0 Å². The summed E-state index contributed by atoms with van der Waals surface area (Å²) in [7, 11) is 0. The number of carbonyl (C=O) groups excluding carboxylic acids is 4. The predicted octanol–water partition coefficient (Wildman–Crippen LogP) is 2.57. The molecule has 0 radical (unpaired) electrons. The number of Topliss-reactive ketones (excluding diaryl/α,β-unsaturated/α-hetero) is 1. The summed E-state index contributed by atoms with van der Waals surface area (Å²) in [6.45, 7) is 14.8. The highest BCUT2D eigenvalue weighted by molar-refractivity contribution is 5.88. The number of aliphatic hydroxyl groups excluding tert-OH is 1. The summed E-state index contributed by atoms with van der Waals surface area (Å²) in [6.07, 6.45) is -1.98. The Hall–Kier alpha value is -2.08. The van der Waals surface area contributed by atoms with Gasteiger partial charge in [0.1, 0.15) is 30.5 Å². The highest BCUT2D eigenvalue weighted by Gasteiger charge is 2.91. The van der Waals surface area contributed by atoms with E-state index < -0.39 is 75.8 Å². The van der Waals surface area contributed by atoms with Crippen LogP contribution in [0.5, 0.6) is 0 Å². The van der Waals surface area contributed by atoms with Crippen molar-refractivity contribution in [2.75, 3.05) is 0 Å². The lowest BCUT2D eigenvalue weighted by Crippen LogP contribution is -2.69. The van der Waals surface area contributed by atoms with Gasteiger partial charge in [-0.3, -0.25) is 14.4 Å². The smallest absolute Gasteiger partial charge is 0.341 e. The molecule has 8 fully saturated rings. The highest BCUT2D eigenvalue weighted by atomic mass is 16.8. The molecule has 0 bridgehead atoms. The number of esters is 3. The number of rotatable bonds is 4. The minimum atomic E-state index is -1.83. The third kappa shape index (κ3) is 3.39. The van der Waals surface area contributed by atoms with Crippen molar-refractivity contribution in [2.24, 2.45) is 63.6 Å². The maximum Gasteiger partial charge on any atom is 0.341 e. The molecular weight excluding hydrogens is 596 g/mol. The third-order valence-corrected chi connectivity index (χ3v) is 15.0. The van der Waals surface area contributed by atoms with Crippen molar-refractivity contribution in [2.45, 2.75) is 129 Å². The molecular formula is C35H48O11. The Bertz CT molecular complexity index is 1420. The van der Waals surface area contributed by atoms with E-state index in [1.807, 2.05) is 27.7 Å². The van der Waals surface area contributed by atoms with Crippen molar-refractivity contribution in [3.05, 3.63) is 0 Å². The summed E-state index contributed by atoms with van der Waals surface area (Å²) >= 11 is 0. The molecule has 5 saturated carbocycles. The predicted molar refractivity (Wildman–Crippen MR) is 157 cm³/mol.